The minimum atomic E-state index is 0.678. The van der Waals surface area contributed by atoms with Crippen molar-refractivity contribution in [3.63, 3.8) is 0 Å². The van der Waals surface area contributed by atoms with Gasteiger partial charge in [-0.25, -0.2) is 0 Å². The zero-order chi connectivity index (χ0) is 12.6. The molecule has 1 fully saturated rings. The summed E-state index contributed by atoms with van der Waals surface area (Å²) in [6, 6.07) is 0. The molecule has 0 aromatic carbocycles. The molecule has 1 heteroatoms. The molecule has 0 aromatic rings. The molecule has 1 aliphatic rings. The number of hydrogen-bond acceptors (Lipinski definition) is 1. The second-order valence-corrected chi connectivity index (χ2v) is 6.57. The molecule has 0 atom stereocenters. The van der Waals surface area contributed by atoms with Gasteiger partial charge in [-0.1, -0.05) is 65.7 Å². The van der Waals surface area contributed by atoms with Crippen molar-refractivity contribution in [1.29, 1.82) is 0 Å². The Morgan fingerprint density at radius 2 is 1.53 bits per heavy atom. The van der Waals surface area contributed by atoms with Gasteiger partial charge in [0.2, 0.25) is 0 Å². The van der Waals surface area contributed by atoms with E-state index in [2.05, 4.69) is 26.1 Å². The molecular weight excluding hydrogens is 206 g/mol. The maximum absolute atomic E-state index is 3.48. The highest BCUT2D eigenvalue weighted by molar-refractivity contribution is 4.92. The summed E-state index contributed by atoms with van der Waals surface area (Å²) in [6.45, 7) is 9.58. The number of rotatable bonds is 10. The molecule has 1 N–H and O–H groups in total. The highest BCUT2D eigenvalue weighted by atomic mass is 15.0. The molecule has 0 radical (unpaired) electrons. The second-order valence-electron chi connectivity index (χ2n) is 6.57. The first kappa shape index (κ1) is 15.0. The van der Waals surface area contributed by atoms with E-state index in [9.17, 15) is 0 Å². The van der Waals surface area contributed by atoms with Gasteiger partial charge in [0.25, 0.3) is 0 Å². The highest BCUT2D eigenvalue weighted by Gasteiger charge is 2.36. The fourth-order valence-corrected chi connectivity index (χ4v) is 3.22. The molecule has 1 saturated heterocycles. The van der Waals surface area contributed by atoms with Gasteiger partial charge in [0.15, 0.2) is 0 Å². The molecule has 0 spiro atoms. The average molecular weight is 239 g/mol. The lowest BCUT2D eigenvalue weighted by Gasteiger charge is -2.44. The third-order valence-electron chi connectivity index (χ3n) is 4.15. The summed E-state index contributed by atoms with van der Waals surface area (Å²) in [5.74, 6) is 0.863. The summed E-state index contributed by atoms with van der Waals surface area (Å²) >= 11 is 0. The number of unbranched alkanes of at least 4 members (excludes halogenated alkanes) is 6. The molecule has 0 saturated carbocycles. The molecule has 1 aliphatic heterocycles. The van der Waals surface area contributed by atoms with Crippen LogP contribution in [-0.2, 0) is 0 Å². The quantitative estimate of drug-likeness (QED) is 0.542. The monoisotopic (exact) mass is 239 g/mol. The van der Waals surface area contributed by atoms with Crippen LogP contribution in [0.15, 0.2) is 0 Å². The summed E-state index contributed by atoms with van der Waals surface area (Å²) in [4.78, 5) is 0. The molecule has 102 valence electrons. The van der Waals surface area contributed by atoms with Crippen LogP contribution in [0.2, 0.25) is 0 Å². The van der Waals surface area contributed by atoms with Crippen LogP contribution in [0.25, 0.3) is 0 Å². The Morgan fingerprint density at radius 3 is 2.00 bits per heavy atom. The van der Waals surface area contributed by atoms with Gasteiger partial charge in [-0.05, 0) is 24.2 Å². The van der Waals surface area contributed by atoms with Gasteiger partial charge >= 0.3 is 0 Å². The molecule has 1 heterocycles. The van der Waals surface area contributed by atoms with Crippen molar-refractivity contribution in [2.75, 3.05) is 13.1 Å². The van der Waals surface area contributed by atoms with Gasteiger partial charge in [-0.2, -0.15) is 0 Å². The van der Waals surface area contributed by atoms with Gasteiger partial charge in [0.05, 0.1) is 0 Å². The summed E-state index contributed by atoms with van der Waals surface area (Å²) < 4.78 is 0. The normalized spacial score (nSPS) is 18.4. The van der Waals surface area contributed by atoms with E-state index in [1.807, 2.05) is 0 Å². The predicted molar refractivity (Wildman–Crippen MR) is 77.4 cm³/mol. The fraction of sp³-hybridized carbons (Fsp3) is 1.00. The maximum atomic E-state index is 3.48. The first-order chi connectivity index (χ1) is 8.18. The van der Waals surface area contributed by atoms with Gasteiger partial charge in [0.1, 0.15) is 0 Å². The summed E-state index contributed by atoms with van der Waals surface area (Å²) in [5, 5.41) is 3.48. The average Bonchev–Trinajstić information content (AvgIpc) is 2.23. The molecule has 0 aliphatic carbocycles. The van der Waals surface area contributed by atoms with Crippen LogP contribution in [0.1, 0.15) is 78.6 Å². The van der Waals surface area contributed by atoms with Crippen molar-refractivity contribution in [3.05, 3.63) is 0 Å². The Bertz CT molecular complexity index is 182. The van der Waals surface area contributed by atoms with Crippen molar-refractivity contribution >= 4 is 0 Å². The standard InChI is InChI=1S/C16H33N/c1-4-5-6-7-8-9-10-11-16(12-15(2)3)13-17-14-16/h15,17H,4-14H2,1-3H3. The zero-order valence-electron chi connectivity index (χ0n) is 12.4. The Kier molecular flexibility index (Phi) is 7.18. The molecule has 17 heavy (non-hydrogen) atoms. The minimum Gasteiger partial charge on any atom is -0.316 e. The van der Waals surface area contributed by atoms with Crippen LogP contribution in [0.3, 0.4) is 0 Å². The van der Waals surface area contributed by atoms with Gasteiger partial charge in [0, 0.05) is 13.1 Å². The van der Waals surface area contributed by atoms with Crippen LogP contribution in [0.4, 0.5) is 0 Å². The van der Waals surface area contributed by atoms with Crippen LogP contribution < -0.4 is 5.32 Å². The zero-order valence-corrected chi connectivity index (χ0v) is 12.4. The molecule has 0 unspecified atom stereocenters. The Morgan fingerprint density at radius 1 is 0.941 bits per heavy atom. The minimum absolute atomic E-state index is 0.678. The summed E-state index contributed by atoms with van der Waals surface area (Å²) in [5.41, 5.74) is 0.678. The molecule has 1 nitrogen and oxygen atoms in total. The smallest absolute Gasteiger partial charge is 0.00203 e. The molecule has 0 aromatic heterocycles. The fourth-order valence-electron chi connectivity index (χ4n) is 3.22. The molecule has 0 bridgehead atoms. The van der Waals surface area contributed by atoms with Crippen molar-refractivity contribution in [3.8, 4) is 0 Å². The summed E-state index contributed by atoms with van der Waals surface area (Å²) in [6.07, 6.45) is 13.0. The van der Waals surface area contributed by atoms with Gasteiger partial charge < -0.3 is 5.32 Å². The van der Waals surface area contributed by atoms with E-state index in [4.69, 9.17) is 0 Å². The Balaban J connectivity index is 2.00. The second kappa shape index (κ2) is 8.13. The lowest BCUT2D eigenvalue weighted by molar-refractivity contribution is 0.114. The molecule has 1 rings (SSSR count). The van der Waals surface area contributed by atoms with Crippen LogP contribution in [-0.4, -0.2) is 13.1 Å². The van der Waals surface area contributed by atoms with E-state index in [1.54, 1.807) is 0 Å². The van der Waals surface area contributed by atoms with E-state index in [-0.39, 0.29) is 0 Å². The lowest BCUT2D eigenvalue weighted by atomic mass is 9.71. The highest BCUT2D eigenvalue weighted by Crippen LogP contribution is 2.36. The third kappa shape index (κ3) is 5.90. The third-order valence-corrected chi connectivity index (χ3v) is 4.15. The van der Waals surface area contributed by atoms with Crippen LogP contribution in [0.5, 0.6) is 0 Å². The molecular formula is C16H33N. The SMILES string of the molecule is CCCCCCCCCC1(CC(C)C)CNC1. The lowest BCUT2D eigenvalue weighted by Crippen LogP contribution is -2.53. The van der Waals surface area contributed by atoms with Crippen molar-refractivity contribution in [2.45, 2.75) is 78.6 Å². The van der Waals surface area contributed by atoms with E-state index in [0.717, 1.165) is 5.92 Å². The first-order valence-corrected chi connectivity index (χ1v) is 7.89. The van der Waals surface area contributed by atoms with Crippen molar-refractivity contribution < 1.29 is 0 Å². The number of nitrogens with one attached hydrogen (secondary N) is 1. The van der Waals surface area contributed by atoms with E-state index in [1.165, 1.54) is 70.9 Å². The van der Waals surface area contributed by atoms with Gasteiger partial charge in [-0.3, -0.25) is 0 Å². The van der Waals surface area contributed by atoms with Crippen molar-refractivity contribution in [1.82, 2.24) is 5.32 Å². The van der Waals surface area contributed by atoms with Crippen LogP contribution in [0, 0.1) is 11.3 Å². The maximum Gasteiger partial charge on any atom is 0.00203 e. The van der Waals surface area contributed by atoms with Crippen LogP contribution >= 0.6 is 0 Å². The predicted octanol–water partition coefficient (Wildman–Crippen LogP) is 4.76. The van der Waals surface area contributed by atoms with E-state index in [0.29, 0.717) is 5.41 Å². The molecule has 0 amide bonds. The largest absolute Gasteiger partial charge is 0.316 e. The Hall–Kier alpha value is -0.0400. The van der Waals surface area contributed by atoms with E-state index < -0.39 is 0 Å². The topological polar surface area (TPSA) is 12.0 Å². The summed E-state index contributed by atoms with van der Waals surface area (Å²) in [7, 11) is 0. The van der Waals surface area contributed by atoms with E-state index >= 15 is 0 Å². The Labute approximate surface area is 109 Å². The number of hydrogen-bond donors (Lipinski definition) is 1. The van der Waals surface area contributed by atoms with Gasteiger partial charge in [-0.15, -0.1) is 0 Å². The first-order valence-electron chi connectivity index (χ1n) is 7.89. The van der Waals surface area contributed by atoms with Crippen molar-refractivity contribution in [2.24, 2.45) is 11.3 Å².